The van der Waals surface area contributed by atoms with E-state index in [1.165, 1.54) is 12.8 Å². The Hall–Kier alpha value is 1.10. The summed E-state index contributed by atoms with van der Waals surface area (Å²) in [4.78, 5) is 0. The van der Waals surface area contributed by atoms with Gasteiger partial charge in [0.15, 0.2) is 0 Å². The van der Waals surface area contributed by atoms with E-state index in [0.717, 1.165) is 53.3 Å². The summed E-state index contributed by atoms with van der Waals surface area (Å²) in [6.45, 7) is 17.4. The van der Waals surface area contributed by atoms with Crippen molar-refractivity contribution in [2.75, 3.05) is 0 Å². The number of fused-ring (bicyclic) bond motifs is 9. The Morgan fingerprint density at radius 3 is 2.05 bits per heavy atom. The Labute approximate surface area is 159 Å². The van der Waals surface area contributed by atoms with Crippen molar-refractivity contribution in [1.82, 2.24) is 0 Å². The maximum atomic E-state index is 4.43. The number of hydrogen-bond acceptors (Lipinski definition) is 0. The first-order chi connectivity index (χ1) is 9.72. The SMILES string of the molecule is CC.CC.[CH2-]C1CC2CC1C1C3CC(C(CC)C3C)C21.[Y]. The van der Waals surface area contributed by atoms with E-state index in [0.29, 0.717) is 0 Å². The van der Waals surface area contributed by atoms with Crippen molar-refractivity contribution in [3.63, 3.8) is 0 Å². The monoisotopic (exact) mass is 366 g/mol. The molecule has 0 aliphatic heterocycles. The van der Waals surface area contributed by atoms with Crippen LogP contribution in [0.2, 0.25) is 0 Å². The molecule has 0 nitrogen and oxygen atoms in total. The number of rotatable bonds is 1. The molecule has 9 unspecified atom stereocenters. The average molecular weight is 366 g/mol. The van der Waals surface area contributed by atoms with Crippen molar-refractivity contribution < 1.29 is 32.7 Å². The van der Waals surface area contributed by atoms with Crippen LogP contribution in [0.1, 0.15) is 67.2 Å². The van der Waals surface area contributed by atoms with Gasteiger partial charge in [0.25, 0.3) is 0 Å². The van der Waals surface area contributed by atoms with Crippen LogP contribution >= 0.6 is 0 Å². The van der Waals surface area contributed by atoms with Gasteiger partial charge in [0, 0.05) is 32.7 Å². The van der Waals surface area contributed by atoms with Gasteiger partial charge in [-0.05, 0) is 54.3 Å². The maximum absolute atomic E-state index is 4.43. The predicted octanol–water partition coefficient (Wildman–Crippen LogP) is 6.07. The van der Waals surface area contributed by atoms with E-state index in [2.05, 4.69) is 20.8 Å². The Morgan fingerprint density at radius 2 is 1.48 bits per heavy atom. The first-order valence-corrected chi connectivity index (χ1v) is 9.55. The zero-order valence-corrected chi connectivity index (χ0v) is 18.1. The maximum Gasteiger partial charge on any atom is 0 e. The summed E-state index contributed by atoms with van der Waals surface area (Å²) >= 11 is 0. The second kappa shape index (κ2) is 8.28. The van der Waals surface area contributed by atoms with Gasteiger partial charge in [-0.15, -0.1) is 0 Å². The molecule has 4 bridgehead atoms. The van der Waals surface area contributed by atoms with Gasteiger partial charge in [-0.2, -0.15) is 5.92 Å². The summed E-state index contributed by atoms with van der Waals surface area (Å²) in [6, 6.07) is 0. The Balaban J connectivity index is 0.000000410. The van der Waals surface area contributed by atoms with Crippen LogP contribution in [0.5, 0.6) is 0 Å². The molecule has 21 heavy (non-hydrogen) atoms. The van der Waals surface area contributed by atoms with Crippen LogP contribution in [0.4, 0.5) is 0 Å². The van der Waals surface area contributed by atoms with Gasteiger partial charge in [-0.25, -0.2) is 0 Å². The van der Waals surface area contributed by atoms with Crippen LogP contribution < -0.4 is 0 Å². The van der Waals surface area contributed by atoms with Crippen molar-refractivity contribution in [3.05, 3.63) is 6.92 Å². The molecular weight excluding hydrogens is 329 g/mol. The second-order valence-electron chi connectivity index (χ2n) is 7.30. The van der Waals surface area contributed by atoms with Gasteiger partial charge < -0.3 is 6.92 Å². The first-order valence-electron chi connectivity index (χ1n) is 9.55. The molecule has 0 amide bonds. The fourth-order valence-corrected chi connectivity index (χ4v) is 6.86. The molecule has 4 saturated carbocycles. The molecule has 0 aromatic rings. The van der Waals surface area contributed by atoms with Crippen molar-refractivity contribution in [3.8, 4) is 0 Å². The number of hydrogen-bond donors (Lipinski definition) is 0. The van der Waals surface area contributed by atoms with Gasteiger partial charge in [0.2, 0.25) is 0 Å². The fraction of sp³-hybridized carbons (Fsp3) is 0.950. The molecular formula is C20H37Y-. The zero-order chi connectivity index (χ0) is 15.0. The molecule has 4 fully saturated rings. The molecule has 4 aliphatic carbocycles. The zero-order valence-electron chi connectivity index (χ0n) is 15.3. The molecule has 1 radical (unpaired) electrons. The van der Waals surface area contributed by atoms with Crippen LogP contribution in [0.3, 0.4) is 0 Å². The first kappa shape index (κ1) is 20.1. The third-order valence-electron chi connectivity index (χ3n) is 7.17. The van der Waals surface area contributed by atoms with E-state index in [9.17, 15) is 0 Å². The van der Waals surface area contributed by atoms with Gasteiger partial charge in [-0.1, -0.05) is 60.3 Å². The van der Waals surface area contributed by atoms with E-state index >= 15 is 0 Å². The molecule has 4 rings (SSSR count). The van der Waals surface area contributed by atoms with Crippen molar-refractivity contribution >= 4 is 0 Å². The Morgan fingerprint density at radius 1 is 0.857 bits per heavy atom. The second-order valence-corrected chi connectivity index (χ2v) is 7.30. The van der Waals surface area contributed by atoms with Crippen molar-refractivity contribution in [2.24, 2.45) is 53.3 Å². The van der Waals surface area contributed by atoms with Crippen molar-refractivity contribution in [2.45, 2.75) is 67.2 Å². The fourth-order valence-electron chi connectivity index (χ4n) is 6.86. The smallest absolute Gasteiger partial charge is 0 e. The normalized spacial score (nSPS) is 51.3. The molecule has 0 spiro atoms. The molecule has 0 saturated heterocycles. The molecule has 0 aromatic carbocycles. The van der Waals surface area contributed by atoms with Crippen molar-refractivity contribution in [1.29, 1.82) is 0 Å². The molecule has 121 valence electrons. The summed E-state index contributed by atoms with van der Waals surface area (Å²) < 4.78 is 0. The minimum atomic E-state index is 0. The van der Waals surface area contributed by atoms with Crippen LogP contribution in [-0.4, -0.2) is 0 Å². The van der Waals surface area contributed by atoms with E-state index in [4.69, 9.17) is 0 Å². The molecule has 0 N–H and O–H groups in total. The molecule has 0 heterocycles. The average Bonchev–Trinajstić information content (AvgIpc) is 3.20. The van der Waals surface area contributed by atoms with E-state index in [1.54, 1.807) is 12.8 Å². The van der Waals surface area contributed by atoms with Gasteiger partial charge >= 0.3 is 0 Å². The summed E-state index contributed by atoms with van der Waals surface area (Å²) in [5, 5.41) is 0. The van der Waals surface area contributed by atoms with Crippen LogP contribution in [0, 0.1) is 60.2 Å². The van der Waals surface area contributed by atoms with E-state index in [1.807, 2.05) is 27.7 Å². The van der Waals surface area contributed by atoms with Gasteiger partial charge in [-0.3, -0.25) is 0 Å². The summed E-state index contributed by atoms with van der Waals surface area (Å²) in [7, 11) is 0. The van der Waals surface area contributed by atoms with Crippen LogP contribution in [-0.2, 0) is 32.7 Å². The van der Waals surface area contributed by atoms with E-state index in [-0.39, 0.29) is 32.7 Å². The quantitative estimate of drug-likeness (QED) is 0.390. The third kappa shape index (κ3) is 2.95. The topological polar surface area (TPSA) is 0 Å². The standard InChI is InChI=1S/C16H25.2C2H6.Y/c1-4-11-9(3)13-7-14(11)15-10-5-8(2)12(6-10)16(13)15;2*1-2;/h8-16H,2,4-7H2,1,3H3;2*1-2H3;/q-1;;;. The summed E-state index contributed by atoms with van der Waals surface area (Å²) in [6.07, 6.45) is 6.06. The molecule has 4 aliphatic rings. The van der Waals surface area contributed by atoms with Gasteiger partial charge in [0.05, 0.1) is 0 Å². The molecule has 9 atom stereocenters. The Kier molecular flexibility index (Phi) is 7.94. The summed E-state index contributed by atoms with van der Waals surface area (Å²) in [5.41, 5.74) is 0. The molecule has 0 aromatic heterocycles. The Bertz CT molecular complexity index is 313. The van der Waals surface area contributed by atoms with E-state index < -0.39 is 0 Å². The largest absolute Gasteiger partial charge is 0.340 e. The minimum absolute atomic E-state index is 0. The van der Waals surface area contributed by atoms with Gasteiger partial charge in [0.1, 0.15) is 0 Å². The van der Waals surface area contributed by atoms with Crippen LogP contribution in [0.15, 0.2) is 0 Å². The molecule has 1 heteroatoms. The predicted molar refractivity (Wildman–Crippen MR) is 89.3 cm³/mol. The summed E-state index contributed by atoms with van der Waals surface area (Å²) in [5.74, 6) is 9.53. The van der Waals surface area contributed by atoms with Crippen LogP contribution in [0.25, 0.3) is 0 Å². The third-order valence-corrected chi connectivity index (χ3v) is 7.17. The minimum Gasteiger partial charge on any atom is -0.340 e.